The van der Waals surface area contributed by atoms with Crippen LogP contribution in [-0.2, 0) is 10.0 Å². The highest BCUT2D eigenvalue weighted by Crippen LogP contribution is 2.24. The van der Waals surface area contributed by atoms with Crippen molar-refractivity contribution in [3.63, 3.8) is 0 Å². The van der Waals surface area contributed by atoms with Gasteiger partial charge in [-0.2, -0.15) is 16.1 Å². The summed E-state index contributed by atoms with van der Waals surface area (Å²) in [5.74, 6) is 0.921. The maximum absolute atomic E-state index is 12.2. The molecule has 0 aromatic rings. The highest BCUT2D eigenvalue weighted by molar-refractivity contribution is 8.00. The first-order valence-corrected chi connectivity index (χ1v) is 8.32. The van der Waals surface area contributed by atoms with Gasteiger partial charge in [0.2, 0.25) is 10.0 Å². The van der Waals surface area contributed by atoms with Gasteiger partial charge in [-0.3, -0.25) is 0 Å². The molecule has 1 aliphatic rings. The predicted molar refractivity (Wildman–Crippen MR) is 70.4 cm³/mol. The maximum Gasteiger partial charge on any atom is 0.218 e. The minimum Gasteiger partial charge on any atom is -0.318 e. The normalized spacial score (nSPS) is 25.6. The predicted octanol–water partition coefficient (Wildman–Crippen LogP) is 0.752. The van der Waals surface area contributed by atoms with E-state index in [1.54, 1.807) is 18.3 Å². The molecule has 1 fully saturated rings. The molecule has 0 radical (unpaired) electrons. The lowest BCUT2D eigenvalue weighted by atomic mass is 10.3. The molecule has 0 bridgehead atoms. The number of hydrogen-bond acceptors (Lipinski definition) is 4. The van der Waals surface area contributed by atoms with Crippen LogP contribution in [0.1, 0.15) is 20.3 Å². The molecular weight excluding hydrogens is 244 g/mol. The van der Waals surface area contributed by atoms with Gasteiger partial charge < -0.3 is 5.32 Å². The highest BCUT2D eigenvalue weighted by Gasteiger charge is 2.32. The van der Waals surface area contributed by atoms with Gasteiger partial charge >= 0.3 is 0 Å². The van der Waals surface area contributed by atoms with Crippen molar-refractivity contribution in [3.05, 3.63) is 0 Å². The van der Waals surface area contributed by atoms with Crippen molar-refractivity contribution in [2.24, 2.45) is 0 Å². The lowest BCUT2D eigenvalue weighted by molar-refractivity contribution is 0.408. The standard InChI is InChI=1S/C10H22N2O2S2/c1-4-10-8-12(5-6-15-10)16(13,14)9(2)7-11-3/h9-11H,4-8H2,1-3H3. The van der Waals surface area contributed by atoms with Gasteiger partial charge in [-0.25, -0.2) is 8.42 Å². The van der Waals surface area contributed by atoms with E-state index >= 15 is 0 Å². The Morgan fingerprint density at radius 2 is 2.25 bits per heavy atom. The van der Waals surface area contributed by atoms with Crippen LogP contribution < -0.4 is 5.32 Å². The van der Waals surface area contributed by atoms with Crippen molar-refractivity contribution < 1.29 is 8.42 Å². The molecule has 0 aliphatic carbocycles. The lowest BCUT2D eigenvalue weighted by Gasteiger charge is -2.32. The molecule has 1 saturated heterocycles. The lowest BCUT2D eigenvalue weighted by Crippen LogP contribution is -2.47. The third kappa shape index (κ3) is 3.35. The van der Waals surface area contributed by atoms with Gasteiger partial charge in [-0.15, -0.1) is 0 Å². The Balaban J connectivity index is 2.67. The van der Waals surface area contributed by atoms with Crippen LogP contribution in [0.4, 0.5) is 0 Å². The maximum atomic E-state index is 12.2. The average Bonchev–Trinajstić information content (AvgIpc) is 2.29. The molecule has 1 rings (SSSR count). The Morgan fingerprint density at radius 3 is 2.81 bits per heavy atom. The highest BCUT2D eigenvalue weighted by atomic mass is 32.2. The summed E-state index contributed by atoms with van der Waals surface area (Å²) >= 11 is 1.89. The van der Waals surface area contributed by atoms with Gasteiger partial charge in [0.05, 0.1) is 5.25 Å². The first kappa shape index (κ1) is 14.3. The molecule has 16 heavy (non-hydrogen) atoms. The van der Waals surface area contributed by atoms with Crippen molar-refractivity contribution in [2.45, 2.75) is 30.8 Å². The number of hydrogen-bond donors (Lipinski definition) is 1. The molecule has 1 heterocycles. The van der Waals surface area contributed by atoms with Crippen molar-refractivity contribution >= 4 is 21.8 Å². The van der Waals surface area contributed by atoms with Crippen LogP contribution in [0.5, 0.6) is 0 Å². The summed E-state index contributed by atoms with van der Waals surface area (Å²) in [7, 11) is -1.33. The van der Waals surface area contributed by atoms with E-state index in [2.05, 4.69) is 12.2 Å². The third-order valence-corrected chi connectivity index (χ3v) is 6.52. The molecule has 6 heteroatoms. The first-order valence-electron chi connectivity index (χ1n) is 5.77. The van der Waals surface area contributed by atoms with E-state index in [4.69, 9.17) is 0 Å². The van der Waals surface area contributed by atoms with Gasteiger partial charge in [0, 0.05) is 30.6 Å². The van der Waals surface area contributed by atoms with E-state index in [0.717, 1.165) is 12.2 Å². The van der Waals surface area contributed by atoms with Gasteiger partial charge in [0.25, 0.3) is 0 Å². The number of nitrogens with zero attached hydrogens (tertiary/aromatic N) is 1. The number of thioether (sulfide) groups is 1. The number of rotatable bonds is 5. The Bertz CT molecular complexity index is 306. The van der Waals surface area contributed by atoms with Crippen LogP contribution in [0.25, 0.3) is 0 Å². The zero-order valence-electron chi connectivity index (χ0n) is 10.3. The summed E-state index contributed by atoms with van der Waals surface area (Å²) < 4.78 is 26.1. The quantitative estimate of drug-likeness (QED) is 0.798. The van der Waals surface area contributed by atoms with Gasteiger partial charge in [-0.05, 0) is 20.4 Å². The van der Waals surface area contributed by atoms with Crippen molar-refractivity contribution in [1.82, 2.24) is 9.62 Å². The Kier molecular flexibility index (Phi) is 5.56. The second kappa shape index (κ2) is 6.23. The van der Waals surface area contributed by atoms with Crippen LogP contribution >= 0.6 is 11.8 Å². The minimum absolute atomic E-state index is 0.335. The summed E-state index contributed by atoms with van der Waals surface area (Å²) in [6.07, 6.45) is 1.04. The molecule has 1 N–H and O–H groups in total. The second-order valence-corrected chi connectivity index (χ2v) is 7.93. The minimum atomic E-state index is -3.11. The monoisotopic (exact) mass is 266 g/mol. The molecule has 0 amide bonds. The van der Waals surface area contributed by atoms with Crippen molar-refractivity contribution in [3.8, 4) is 0 Å². The number of sulfonamides is 1. The fourth-order valence-electron chi connectivity index (χ4n) is 1.82. The third-order valence-electron chi connectivity index (χ3n) is 2.92. The van der Waals surface area contributed by atoms with E-state index in [-0.39, 0.29) is 5.25 Å². The molecule has 0 aromatic carbocycles. The van der Waals surface area contributed by atoms with Gasteiger partial charge in [0.1, 0.15) is 0 Å². The molecule has 1 aliphatic heterocycles. The summed E-state index contributed by atoms with van der Waals surface area (Å²) in [5.41, 5.74) is 0. The SMILES string of the molecule is CCC1CN(S(=O)(=O)C(C)CNC)CCS1. The van der Waals surface area contributed by atoms with Crippen molar-refractivity contribution in [1.29, 1.82) is 0 Å². The van der Waals surface area contributed by atoms with Gasteiger partial charge in [0.15, 0.2) is 0 Å². The fraction of sp³-hybridized carbons (Fsp3) is 1.00. The van der Waals surface area contributed by atoms with Crippen LogP contribution in [0.2, 0.25) is 0 Å². The van der Waals surface area contributed by atoms with Crippen molar-refractivity contribution in [2.75, 3.05) is 32.4 Å². The van der Waals surface area contributed by atoms with Crippen LogP contribution in [0, 0.1) is 0 Å². The Hall–Kier alpha value is 0.220. The molecule has 0 spiro atoms. The smallest absolute Gasteiger partial charge is 0.218 e. The van der Waals surface area contributed by atoms with E-state index in [1.807, 2.05) is 11.8 Å². The summed E-state index contributed by atoms with van der Waals surface area (Å²) in [6.45, 7) is 5.75. The summed E-state index contributed by atoms with van der Waals surface area (Å²) in [6, 6.07) is 0. The number of nitrogens with one attached hydrogen (secondary N) is 1. The zero-order valence-corrected chi connectivity index (χ0v) is 11.9. The molecule has 2 unspecified atom stereocenters. The second-order valence-electron chi connectivity index (χ2n) is 4.17. The van der Waals surface area contributed by atoms with E-state index in [9.17, 15) is 8.42 Å². The van der Waals surface area contributed by atoms with E-state index in [0.29, 0.717) is 24.9 Å². The van der Waals surface area contributed by atoms with E-state index in [1.165, 1.54) is 0 Å². The molecular formula is C10H22N2O2S2. The fourth-order valence-corrected chi connectivity index (χ4v) is 4.83. The molecule has 0 saturated carbocycles. The van der Waals surface area contributed by atoms with Crippen LogP contribution in [0.15, 0.2) is 0 Å². The Labute approximate surface area is 103 Å². The Morgan fingerprint density at radius 1 is 1.56 bits per heavy atom. The molecule has 96 valence electrons. The van der Waals surface area contributed by atoms with E-state index < -0.39 is 10.0 Å². The first-order chi connectivity index (χ1) is 7.52. The van der Waals surface area contributed by atoms with Crippen LogP contribution in [0.3, 0.4) is 0 Å². The van der Waals surface area contributed by atoms with Gasteiger partial charge in [-0.1, -0.05) is 6.92 Å². The largest absolute Gasteiger partial charge is 0.318 e. The molecule has 2 atom stereocenters. The molecule has 0 aromatic heterocycles. The summed E-state index contributed by atoms with van der Waals surface area (Å²) in [4.78, 5) is 0. The average molecular weight is 266 g/mol. The zero-order chi connectivity index (χ0) is 12.2. The molecule has 4 nitrogen and oxygen atoms in total. The van der Waals surface area contributed by atoms with Crippen LogP contribution in [-0.4, -0.2) is 55.7 Å². The summed E-state index contributed by atoms with van der Waals surface area (Å²) in [5, 5.41) is 3.05. The topological polar surface area (TPSA) is 49.4 Å².